The summed E-state index contributed by atoms with van der Waals surface area (Å²) in [6, 6.07) is 3.21. The third-order valence-electron chi connectivity index (χ3n) is 2.18. The Hall–Kier alpha value is -2.22. The lowest BCUT2D eigenvalue weighted by Crippen LogP contribution is -2.12. The van der Waals surface area contributed by atoms with Crippen LogP contribution in [0.25, 0.3) is 0 Å². The number of nitriles is 1. The Morgan fingerprint density at radius 3 is 2.65 bits per heavy atom. The summed E-state index contributed by atoms with van der Waals surface area (Å²) in [5.74, 6) is -0.843. The van der Waals surface area contributed by atoms with Gasteiger partial charge in [0.2, 0.25) is 0 Å². The first-order valence-corrected chi connectivity index (χ1v) is 5.11. The number of aromatic nitrogens is 1. The predicted molar refractivity (Wildman–Crippen MR) is 59.7 cm³/mol. The second-order valence-corrected chi connectivity index (χ2v) is 3.41. The van der Waals surface area contributed by atoms with Gasteiger partial charge in [0.25, 0.3) is 0 Å². The summed E-state index contributed by atoms with van der Waals surface area (Å²) in [4.78, 5) is 26.8. The largest absolute Gasteiger partial charge is 0.461 e. The minimum absolute atomic E-state index is 0.0446. The van der Waals surface area contributed by atoms with Gasteiger partial charge in [0.1, 0.15) is 6.07 Å². The zero-order valence-corrected chi connectivity index (χ0v) is 9.90. The number of hydrogen-bond donors (Lipinski definition) is 0. The highest BCUT2D eigenvalue weighted by Crippen LogP contribution is 2.14. The standard InChI is InChI=1S/C12H12N2O3/c1-4-17-12(16)11-9(6-13)5-10(8(3)15)7(2)14-11/h5H,4H2,1-3H3. The molecule has 88 valence electrons. The topological polar surface area (TPSA) is 80.0 Å². The third kappa shape index (κ3) is 2.67. The molecule has 0 N–H and O–H groups in total. The molecule has 1 aromatic rings. The van der Waals surface area contributed by atoms with Crippen LogP contribution in [0, 0.1) is 18.3 Å². The zero-order valence-electron chi connectivity index (χ0n) is 9.90. The van der Waals surface area contributed by atoms with Gasteiger partial charge in [-0.2, -0.15) is 5.26 Å². The van der Waals surface area contributed by atoms with Gasteiger partial charge >= 0.3 is 5.97 Å². The van der Waals surface area contributed by atoms with E-state index in [1.54, 1.807) is 13.8 Å². The Bertz CT molecular complexity index is 515. The monoisotopic (exact) mass is 232 g/mol. The van der Waals surface area contributed by atoms with Crippen LogP contribution in [0.5, 0.6) is 0 Å². The molecule has 5 heteroatoms. The Balaban J connectivity index is 3.34. The van der Waals surface area contributed by atoms with Crippen LogP contribution >= 0.6 is 0 Å². The van der Waals surface area contributed by atoms with Crippen molar-refractivity contribution in [2.24, 2.45) is 0 Å². The van der Waals surface area contributed by atoms with Crippen LogP contribution in [0.15, 0.2) is 6.07 Å². The van der Waals surface area contributed by atoms with Gasteiger partial charge in [0.15, 0.2) is 11.5 Å². The highest BCUT2D eigenvalue weighted by atomic mass is 16.5. The molecule has 1 aromatic heterocycles. The molecule has 5 nitrogen and oxygen atoms in total. The maximum Gasteiger partial charge on any atom is 0.358 e. The number of Topliss-reactive ketones (excluding diaryl/α,β-unsaturated/α-hetero) is 1. The fourth-order valence-electron chi connectivity index (χ4n) is 1.40. The van der Waals surface area contributed by atoms with Gasteiger partial charge in [0, 0.05) is 11.3 Å². The van der Waals surface area contributed by atoms with Crippen molar-refractivity contribution in [3.05, 3.63) is 28.6 Å². The number of pyridine rings is 1. The Morgan fingerprint density at radius 2 is 2.18 bits per heavy atom. The molecule has 17 heavy (non-hydrogen) atoms. The Kier molecular flexibility index (Phi) is 3.94. The second kappa shape index (κ2) is 5.21. The van der Waals surface area contributed by atoms with E-state index in [1.807, 2.05) is 6.07 Å². The summed E-state index contributed by atoms with van der Waals surface area (Å²) in [6.45, 7) is 4.87. The van der Waals surface area contributed by atoms with Crippen molar-refractivity contribution in [1.82, 2.24) is 4.98 Å². The van der Waals surface area contributed by atoms with E-state index < -0.39 is 5.97 Å². The van der Waals surface area contributed by atoms with Crippen LogP contribution in [0.4, 0.5) is 0 Å². The highest BCUT2D eigenvalue weighted by molar-refractivity contribution is 5.97. The van der Waals surface area contributed by atoms with Gasteiger partial charge in [0.05, 0.1) is 12.2 Å². The summed E-state index contributed by atoms with van der Waals surface area (Å²) < 4.78 is 4.79. The van der Waals surface area contributed by atoms with Crippen LogP contribution in [0.2, 0.25) is 0 Å². The lowest BCUT2D eigenvalue weighted by molar-refractivity contribution is 0.0518. The quantitative estimate of drug-likeness (QED) is 0.584. The third-order valence-corrected chi connectivity index (χ3v) is 2.18. The van der Waals surface area contributed by atoms with Crippen LogP contribution in [-0.2, 0) is 4.74 Å². The minimum Gasteiger partial charge on any atom is -0.461 e. The summed E-state index contributed by atoms with van der Waals surface area (Å²) in [5, 5.41) is 8.92. The average Bonchev–Trinajstić information content (AvgIpc) is 2.28. The fourth-order valence-corrected chi connectivity index (χ4v) is 1.40. The number of ketones is 1. The summed E-state index contributed by atoms with van der Waals surface area (Å²) >= 11 is 0. The molecule has 0 amide bonds. The number of rotatable bonds is 3. The van der Waals surface area contributed by atoms with Gasteiger partial charge in [-0.1, -0.05) is 0 Å². The lowest BCUT2D eigenvalue weighted by Gasteiger charge is -2.07. The van der Waals surface area contributed by atoms with Crippen molar-refractivity contribution >= 4 is 11.8 Å². The molecule has 0 aliphatic heterocycles. The molecule has 1 rings (SSSR count). The summed E-state index contributed by atoms with van der Waals surface area (Å²) in [7, 11) is 0. The number of aryl methyl sites for hydroxylation is 1. The van der Waals surface area contributed by atoms with Crippen LogP contribution in [0.3, 0.4) is 0 Å². The van der Waals surface area contributed by atoms with E-state index in [9.17, 15) is 9.59 Å². The molecular weight excluding hydrogens is 220 g/mol. The predicted octanol–water partition coefficient (Wildman–Crippen LogP) is 1.64. The van der Waals surface area contributed by atoms with Gasteiger partial charge < -0.3 is 4.74 Å². The van der Waals surface area contributed by atoms with Gasteiger partial charge in [-0.25, -0.2) is 9.78 Å². The van der Waals surface area contributed by atoms with E-state index in [2.05, 4.69) is 4.98 Å². The molecule has 0 unspecified atom stereocenters. The number of esters is 1. The number of ether oxygens (including phenoxy) is 1. The smallest absolute Gasteiger partial charge is 0.358 e. The first-order chi connectivity index (χ1) is 8.01. The molecule has 0 spiro atoms. The SMILES string of the molecule is CCOC(=O)c1nc(C)c(C(C)=O)cc1C#N. The maximum absolute atomic E-state index is 11.5. The number of carbonyl (C=O) groups is 2. The van der Waals surface area contributed by atoms with Crippen molar-refractivity contribution in [2.75, 3.05) is 6.61 Å². The maximum atomic E-state index is 11.5. The zero-order chi connectivity index (χ0) is 13.0. The second-order valence-electron chi connectivity index (χ2n) is 3.41. The van der Waals surface area contributed by atoms with E-state index in [1.165, 1.54) is 13.0 Å². The number of nitrogens with zero attached hydrogens (tertiary/aromatic N) is 2. The molecule has 0 atom stereocenters. The van der Waals surface area contributed by atoms with Crippen molar-refractivity contribution in [2.45, 2.75) is 20.8 Å². The molecular formula is C12H12N2O3. The average molecular weight is 232 g/mol. The number of hydrogen-bond acceptors (Lipinski definition) is 5. The summed E-state index contributed by atoms with van der Waals surface area (Å²) in [5.41, 5.74) is 0.769. The first-order valence-electron chi connectivity index (χ1n) is 5.11. The van der Waals surface area contributed by atoms with Crippen LogP contribution < -0.4 is 0 Å². The normalized spacial score (nSPS) is 9.53. The van der Waals surface area contributed by atoms with E-state index in [4.69, 9.17) is 10.00 Å². The van der Waals surface area contributed by atoms with Gasteiger partial charge in [-0.3, -0.25) is 4.79 Å². The lowest BCUT2D eigenvalue weighted by atomic mass is 10.1. The molecule has 0 aliphatic rings. The first kappa shape index (κ1) is 12.8. The van der Waals surface area contributed by atoms with E-state index >= 15 is 0 Å². The van der Waals surface area contributed by atoms with Crippen molar-refractivity contribution in [3.8, 4) is 6.07 Å². The minimum atomic E-state index is -0.651. The van der Waals surface area contributed by atoms with E-state index in [0.29, 0.717) is 11.3 Å². The highest BCUT2D eigenvalue weighted by Gasteiger charge is 2.18. The molecule has 0 saturated carbocycles. The summed E-state index contributed by atoms with van der Waals surface area (Å²) in [6.07, 6.45) is 0. The van der Waals surface area contributed by atoms with Crippen molar-refractivity contribution in [1.29, 1.82) is 5.26 Å². The van der Waals surface area contributed by atoms with Gasteiger partial charge in [-0.05, 0) is 26.8 Å². The van der Waals surface area contributed by atoms with Crippen molar-refractivity contribution in [3.63, 3.8) is 0 Å². The molecule has 0 fully saturated rings. The number of carbonyl (C=O) groups excluding carboxylic acids is 2. The molecule has 0 radical (unpaired) electrons. The molecule has 0 aromatic carbocycles. The fraction of sp³-hybridized carbons (Fsp3) is 0.333. The molecule has 0 aliphatic carbocycles. The van der Waals surface area contributed by atoms with Crippen LogP contribution in [-0.4, -0.2) is 23.3 Å². The Morgan fingerprint density at radius 1 is 1.53 bits per heavy atom. The Labute approximate surface area is 99.0 Å². The molecule has 0 saturated heterocycles. The van der Waals surface area contributed by atoms with Gasteiger partial charge in [-0.15, -0.1) is 0 Å². The molecule has 0 bridgehead atoms. The van der Waals surface area contributed by atoms with Crippen molar-refractivity contribution < 1.29 is 14.3 Å². The van der Waals surface area contributed by atoms with E-state index in [-0.39, 0.29) is 23.6 Å². The molecule has 1 heterocycles. The van der Waals surface area contributed by atoms with Crippen LogP contribution in [0.1, 0.15) is 46.0 Å². The van der Waals surface area contributed by atoms with E-state index in [0.717, 1.165) is 0 Å².